The predicted molar refractivity (Wildman–Crippen MR) is 93.6 cm³/mol. The van der Waals surface area contributed by atoms with Gasteiger partial charge in [-0.15, -0.1) is 0 Å². The molecule has 0 unspecified atom stereocenters. The van der Waals surface area contributed by atoms with Crippen molar-refractivity contribution in [1.29, 1.82) is 5.26 Å². The molecule has 0 spiro atoms. The molecule has 1 aromatic carbocycles. The van der Waals surface area contributed by atoms with Gasteiger partial charge in [0.1, 0.15) is 24.0 Å². The van der Waals surface area contributed by atoms with E-state index in [1.165, 1.54) is 23.8 Å². The zero-order chi connectivity index (χ0) is 18.6. The number of methoxy groups -OCH3 is 1. The molecule has 1 amide bonds. The van der Waals surface area contributed by atoms with Crippen LogP contribution in [0, 0.1) is 24.1 Å². The molecular formula is C17H15BrFN3O3. The van der Waals surface area contributed by atoms with Gasteiger partial charge in [0.15, 0.2) is 0 Å². The van der Waals surface area contributed by atoms with Gasteiger partial charge in [-0.1, -0.05) is 15.9 Å². The van der Waals surface area contributed by atoms with Crippen molar-refractivity contribution in [2.45, 2.75) is 20.1 Å². The van der Waals surface area contributed by atoms with Crippen molar-refractivity contribution >= 4 is 27.5 Å². The van der Waals surface area contributed by atoms with Crippen LogP contribution < -0.4 is 10.9 Å². The molecule has 0 saturated carbocycles. The molecule has 1 N–H and O–H groups in total. The van der Waals surface area contributed by atoms with Crippen LogP contribution in [0.15, 0.2) is 33.5 Å². The fraction of sp³-hybridized carbons (Fsp3) is 0.235. The minimum Gasteiger partial charge on any atom is -0.380 e. The number of halogens is 2. The summed E-state index contributed by atoms with van der Waals surface area (Å²) in [6, 6.07) is 7.69. The fourth-order valence-corrected chi connectivity index (χ4v) is 2.68. The molecule has 2 aromatic rings. The number of aryl methyl sites for hydroxylation is 1. The number of ether oxygens (including phenoxy) is 1. The summed E-state index contributed by atoms with van der Waals surface area (Å²) >= 11 is 3.13. The van der Waals surface area contributed by atoms with Crippen LogP contribution in [-0.4, -0.2) is 17.6 Å². The number of carbonyl (C=O) groups excluding carboxylic acids is 1. The quantitative estimate of drug-likeness (QED) is 0.825. The average Bonchev–Trinajstić information content (AvgIpc) is 2.54. The van der Waals surface area contributed by atoms with Crippen molar-refractivity contribution in [3.05, 3.63) is 61.7 Å². The summed E-state index contributed by atoms with van der Waals surface area (Å²) in [5.74, 6) is -1.17. The van der Waals surface area contributed by atoms with Gasteiger partial charge in [-0.3, -0.25) is 9.59 Å². The van der Waals surface area contributed by atoms with Crippen LogP contribution in [0.3, 0.4) is 0 Å². The maximum absolute atomic E-state index is 13.8. The van der Waals surface area contributed by atoms with Crippen molar-refractivity contribution in [2.24, 2.45) is 0 Å². The smallest absolute Gasteiger partial charge is 0.269 e. The Labute approximate surface area is 152 Å². The zero-order valence-corrected chi connectivity index (χ0v) is 15.2. The largest absolute Gasteiger partial charge is 0.380 e. The number of rotatable bonds is 5. The van der Waals surface area contributed by atoms with Crippen LogP contribution in [-0.2, 0) is 22.7 Å². The highest BCUT2D eigenvalue weighted by Gasteiger charge is 2.15. The molecule has 130 valence electrons. The van der Waals surface area contributed by atoms with Gasteiger partial charge < -0.3 is 14.6 Å². The van der Waals surface area contributed by atoms with Crippen LogP contribution in [0.5, 0.6) is 0 Å². The average molecular weight is 408 g/mol. The number of anilines is 1. The third-order valence-electron chi connectivity index (χ3n) is 3.51. The van der Waals surface area contributed by atoms with Crippen molar-refractivity contribution in [3.8, 4) is 6.07 Å². The van der Waals surface area contributed by atoms with E-state index in [1.54, 1.807) is 19.1 Å². The lowest BCUT2D eigenvalue weighted by molar-refractivity contribution is -0.116. The van der Waals surface area contributed by atoms with E-state index in [1.807, 2.05) is 6.07 Å². The maximum Gasteiger partial charge on any atom is 0.269 e. The van der Waals surface area contributed by atoms with Gasteiger partial charge >= 0.3 is 0 Å². The van der Waals surface area contributed by atoms with E-state index in [-0.39, 0.29) is 24.4 Å². The molecule has 0 radical (unpaired) electrons. The second kappa shape index (κ2) is 8.05. The number of hydrogen-bond donors (Lipinski definition) is 1. The highest BCUT2D eigenvalue weighted by molar-refractivity contribution is 9.10. The summed E-state index contributed by atoms with van der Waals surface area (Å²) in [5.41, 5.74) is 0.317. The summed E-state index contributed by atoms with van der Waals surface area (Å²) in [6.07, 6.45) is 0. The lowest BCUT2D eigenvalue weighted by Crippen LogP contribution is -2.31. The Morgan fingerprint density at radius 3 is 2.76 bits per heavy atom. The maximum atomic E-state index is 13.8. The standard InChI is InChI=1S/C17H15BrFN3O3/c1-10-5-11(9-25-2)13(7-20)17(24)22(10)8-16(23)21-15-4-3-12(18)6-14(15)19/h3-6H,8-9H2,1-2H3,(H,21,23). The van der Waals surface area contributed by atoms with E-state index in [0.717, 1.165) is 0 Å². The van der Waals surface area contributed by atoms with Gasteiger partial charge in [-0.05, 0) is 31.2 Å². The number of pyridine rings is 1. The van der Waals surface area contributed by atoms with Crippen LogP contribution in [0.2, 0.25) is 0 Å². The number of nitrogens with one attached hydrogen (secondary N) is 1. The van der Waals surface area contributed by atoms with Crippen LogP contribution in [0.25, 0.3) is 0 Å². The third kappa shape index (κ3) is 4.32. The minimum absolute atomic E-state index is 0.00964. The molecule has 2 rings (SSSR count). The topological polar surface area (TPSA) is 84.1 Å². The van der Waals surface area contributed by atoms with Crippen molar-refractivity contribution in [2.75, 3.05) is 12.4 Å². The molecule has 0 bridgehead atoms. The molecule has 8 heteroatoms. The molecule has 0 atom stereocenters. The molecule has 0 aliphatic carbocycles. The van der Waals surface area contributed by atoms with E-state index in [4.69, 9.17) is 4.74 Å². The van der Waals surface area contributed by atoms with Gasteiger partial charge in [0.2, 0.25) is 5.91 Å². The summed E-state index contributed by atoms with van der Waals surface area (Å²) in [4.78, 5) is 24.6. The molecule has 1 heterocycles. The van der Waals surface area contributed by atoms with Gasteiger partial charge in [0.05, 0.1) is 12.3 Å². The summed E-state index contributed by atoms with van der Waals surface area (Å²) in [5, 5.41) is 11.6. The van der Waals surface area contributed by atoms with Crippen LogP contribution in [0.1, 0.15) is 16.8 Å². The van der Waals surface area contributed by atoms with Crippen molar-refractivity contribution in [1.82, 2.24) is 4.57 Å². The molecule has 1 aromatic heterocycles. The number of benzene rings is 1. The van der Waals surface area contributed by atoms with E-state index in [0.29, 0.717) is 15.7 Å². The zero-order valence-electron chi connectivity index (χ0n) is 13.6. The molecule has 25 heavy (non-hydrogen) atoms. The number of nitriles is 1. The lowest BCUT2D eigenvalue weighted by atomic mass is 10.1. The SMILES string of the molecule is COCc1cc(C)n(CC(=O)Nc2ccc(Br)cc2F)c(=O)c1C#N. The van der Waals surface area contributed by atoms with E-state index in [2.05, 4.69) is 21.2 Å². The molecular weight excluding hydrogens is 393 g/mol. The Morgan fingerprint density at radius 2 is 2.16 bits per heavy atom. The first-order chi connectivity index (χ1) is 11.9. The fourth-order valence-electron chi connectivity index (χ4n) is 2.34. The number of amides is 1. The normalized spacial score (nSPS) is 10.4. The Morgan fingerprint density at radius 1 is 1.44 bits per heavy atom. The number of carbonyl (C=O) groups is 1. The lowest BCUT2D eigenvalue weighted by Gasteiger charge is -2.13. The van der Waals surface area contributed by atoms with Crippen molar-refractivity contribution < 1.29 is 13.9 Å². The minimum atomic E-state index is -0.597. The first kappa shape index (κ1) is 18.8. The van der Waals surface area contributed by atoms with Crippen LogP contribution in [0.4, 0.5) is 10.1 Å². The first-order valence-electron chi connectivity index (χ1n) is 7.24. The Kier molecular flexibility index (Phi) is 6.07. The van der Waals surface area contributed by atoms with Crippen molar-refractivity contribution in [3.63, 3.8) is 0 Å². The Balaban J connectivity index is 2.29. The van der Waals surface area contributed by atoms with Gasteiger partial charge in [0.25, 0.3) is 5.56 Å². The number of nitrogens with zero attached hydrogens (tertiary/aromatic N) is 2. The third-order valence-corrected chi connectivity index (χ3v) is 4.00. The molecule has 0 saturated heterocycles. The van der Waals surface area contributed by atoms with E-state index < -0.39 is 17.3 Å². The first-order valence-corrected chi connectivity index (χ1v) is 8.04. The molecule has 6 nitrogen and oxygen atoms in total. The summed E-state index contributed by atoms with van der Waals surface area (Å²) in [6.45, 7) is 1.44. The Hall–Kier alpha value is -2.50. The second-order valence-electron chi connectivity index (χ2n) is 5.29. The monoisotopic (exact) mass is 407 g/mol. The number of aromatic nitrogens is 1. The summed E-state index contributed by atoms with van der Waals surface area (Å²) < 4.78 is 20.5. The molecule has 0 aliphatic heterocycles. The summed E-state index contributed by atoms with van der Waals surface area (Å²) in [7, 11) is 1.46. The number of hydrogen-bond acceptors (Lipinski definition) is 4. The molecule has 0 fully saturated rings. The predicted octanol–water partition coefficient (Wildman–Crippen LogP) is 2.72. The van der Waals surface area contributed by atoms with Gasteiger partial charge in [-0.25, -0.2) is 4.39 Å². The van der Waals surface area contributed by atoms with Gasteiger partial charge in [-0.2, -0.15) is 5.26 Å². The highest BCUT2D eigenvalue weighted by Crippen LogP contribution is 2.19. The molecule has 0 aliphatic rings. The van der Waals surface area contributed by atoms with Gasteiger partial charge in [0, 0.05) is 22.8 Å². The highest BCUT2D eigenvalue weighted by atomic mass is 79.9. The second-order valence-corrected chi connectivity index (χ2v) is 6.21. The van der Waals surface area contributed by atoms with Crippen LogP contribution >= 0.6 is 15.9 Å². The van der Waals surface area contributed by atoms with E-state index in [9.17, 15) is 19.2 Å². The van der Waals surface area contributed by atoms with E-state index >= 15 is 0 Å². The Bertz CT molecular complexity index is 919.